The Labute approximate surface area is 144 Å². The van der Waals surface area contributed by atoms with E-state index in [1.165, 1.54) is 17.0 Å². The second kappa shape index (κ2) is 7.21. The first-order chi connectivity index (χ1) is 12.1. The van der Waals surface area contributed by atoms with E-state index in [2.05, 4.69) is 10.6 Å². The summed E-state index contributed by atoms with van der Waals surface area (Å²) in [5.41, 5.74) is 1.18. The molecule has 25 heavy (non-hydrogen) atoms. The number of halogens is 1. The highest BCUT2D eigenvalue weighted by Gasteiger charge is 2.33. The van der Waals surface area contributed by atoms with Crippen LogP contribution >= 0.6 is 0 Å². The largest absolute Gasteiger partial charge is 0.497 e. The highest BCUT2D eigenvalue weighted by molar-refractivity contribution is 6.02. The van der Waals surface area contributed by atoms with Gasteiger partial charge in [-0.15, -0.1) is 0 Å². The van der Waals surface area contributed by atoms with Crippen molar-refractivity contribution >= 4 is 23.3 Å². The van der Waals surface area contributed by atoms with Gasteiger partial charge in [-0.3, -0.25) is 4.79 Å². The smallest absolute Gasteiger partial charge is 0.319 e. The average Bonchev–Trinajstić information content (AvgIpc) is 2.96. The van der Waals surface area contributed by atoms with E-state index in [0.29, 0.717) is 30.1 Å². The molecule has 0 bridgehead atoms. The number of benzene rings is 2. The molecule has 6 nitrogen and oxygen atoms in total. The third kappa shape index (κ3) is 3.88. The monoisotopic (exact) mass is 343 g/mol. The number of hydrogen-bond donors (Lipinski definition) is 2. The highest BCUT2D eigenvalue weighted by Crippen LogP contribution is 2.22. The molecule has 3 rings (SSSR count). The van der Waals surface area contributed by atoms with E-state index in [4.69, 9.17) is 4.74 Å². The zero-order valence-corrected chi connectivity index (χ0v) is 13.7. The SMILES string of the molecule is COc1cccc(NC(=O)NC2CCN(c3ccc(F)cc3)C2=O)c1. The summed E-state index contributed by atoms with van der Waals surface area (Å²) >= 11 is 0. The van der Waals surface area contributed by atoms with Crippen LogP contribution in [0, 0.1) is 5.82 Å². The van der Waals surface area contributed by atoms with Crippen LogP contribution in [0.5, 0.6) is 5.75 Å². The Bertz CT molecular complexity index is 779. The van der Waals surface area contributed by atoms with Crippen LogP contribution < -0.4 is 20.3 Å². The van der Waals surface area contributed by atoms with Gasteiger partial charge in [0, 0.05) is 24.0 Å². The minimum Gasteiger partial charge on any atom is -0.497 e. The predicted molar refractivity (Wildman–Crippen MR) is 92.3 cm³/mol. The summed E-state index contributed by atoms with van der Waals surface area (Å²) in [6, 6.07) is 11.6. The Hall–Kier alpha value is -3.09. The van der Waals surface area contributed by atoms with Crippen molar-refractivity contribution in [3.63, 3.8) is 0 Å². The summed E-state index contributed by atoms with van der Waals surface area (Å²) in [6.07, 6.45) is 0.488. The number of anilines is 2. The topological polar surface area (TPSA) is 70.7 Å². The fourth-order valence-corrected chi connectivity index (χ4v) is 2.72. The molecule has 1 unspecified atom stereocenters. The van der Waals surface area contributed by atoms with Crippen LogP contribution in [-0.4, -0.2) is 31.6 Å². The van der Waals surface area contributed by atoms with Gasteiger partial charge in [0.05, 0.1) is 7.11 Å². The molecule has 0 radical (unpaired) electrons. The van der Waals surface area contributed by atoms with Crippen LogP contribution in [-0.2, 0) is 4.79 Å². The molecule has 3 amide bonds. The Balaban J connectivity index is 1.60. The maximum absolute atomic E-state index is 13.0. The number of methoxy groups -OCH3 is 1. The molecule has 0 saturated carbocycles. The van der Waals surface area contributed by atoms with Crippen molar-refractivity contribution in [1.29, 1.82) is 0 Å². The minimum absolute atomic E-state index is 0.215. The third-order valence-electron chi connectivity index (χ3n) is 3.98. The van der Waals surface area contributed by atoms with Crippen LogP contribution in [0.2, 0.25) is 0 Å². The van der Waals surface area contributed by atoms with Gasteiger partial charge in [0.2, 0.25) is 5.91 Å². The van der Waals surface area contributed by atoms with Gasteiger partial charge in [-0.1, -0.05) is 6.07 Å². The van der Waals surface area contributed by atoms with Gasteiger partial charge >= 0.3 is 6.03 Å². The van der Waals surface area contributed by atoms with E-state index in [1.54, 1.807) is 43.5 Å². The molecule has 2 aromatic carbocycles. The average molecular weight is 343 g/mol. The van der Waals surface area contributed by atoms with Crippen molar-refractivity contribution in [2.75, 3.05) is 23.9 Å². The summed E-state index contributed by atoms with van der Waals surface area (Å²) in [4.78, 5) is 26.1. The van der Waals surface area contributed by atoms with E-state index in [1.807, 2.05) is 0 Å². The first-order valence-corrected chi connectivity index (χ1v) is 7.85. The summed E-state index contributed by atoms with van der Waals surface area (Å²) in [6.45, 7) is 0.467. The first kappa shape index (κ1) is 16.8. The molecule has 0 aromatic heterocycles. The van der Waals surface area contributed by atoms with E-state index < -0.39 is 12.1 Å². The van der Waals surface area contributed by atoms with E-state index in [-0.39, 0.29) is 11.7 Å². The lowest BCUT2D eigenvalue weighted by molar-refractivity contribution is -0.118. The van der Waals surface area contributed by atoms with Crippen LogP contribution in [0.15, 0.2) is 48.5 Å². The molecule has 7 heteroatoms. The van der Waals surface area contributed by atoms with Crippen molar-refractivity contribution in [3.05, 3.63) is 54.3 Å². The second-order valence-corrected chi connectivity index (χ2v) is 5.64. The molecule has 1 fully saturated rings. The molecule has 0 spiro atoms. The first-order valence-electron chi connectivity index (χ1n) is 7.85. The number of nitrogens with zero attached hydrogens (tertiary/aromatic N) is 1. The molecule has 2 N–H and O–H groups in total. The normalized spacial score (nSPS) is 16.6. The van der Waals surface area contributed by atoms with E-state index in [9.17, 15) is 14.0 Å². The second-order valence-electron chi connectivity index (χ2n) is 5.64. The zero-order chi connectivity index (χ0) is 17.8. The number of hydrogen-bond acceptors (Lipinski definition) is 3. The van der Waals surface area contributed by atoms with Crippen molar-refractivity contribution in [2.24, 2.45) is 0 Å². The molecule has 1 atom stereocenters. The van der Waals surface area contributed by atoms with Gasteiger partial charge < -0.3 is 20.3 Å². The van der Waals surface area contributed by atoms with Gasteiger partial charge in [-0.05, 0) is 42.8 Å². The molecule has 1 aliphatic heterocycles. The summed E-state index contributed by atoms with van der Waals surface area (Å²) in [5, 5.41) is 5.35. The molecular weight excluding hydrogens is 325 g/mol. The fourth-order valence-electron chi connectivity index (χ4n) is 2.72. The van der Waals surface area contributed by atoms with Crippen molar-refractivity contribution in [1.82, 2.24) is 5.32 Å². The van der Waals surface area contributed by atoms with Crippen molar-refractivity contribution in [2.45, 2.75) is 12.5 Å². The van der Waals surface area contributed by atoms with Crippen LogP contribution in [0.25, 0.3) is 0 Å². The van der Waals surface area contributed by atoms with Gasteiger partial charge in [0.1, 0.15) is 17.6 Å². The maximum atomic E-state index is 13.0. The molecule has 2 aromatic rings. The number of carbonyl (C=O) groups is 2. The highest BCUT2D eigenvalue weighted by atomic mass is 19.1. The number of amides is 3. The lowest BCUT2D eigenvalue weighted by atomic mass is 10.2. The number of ether oxygens (including phenoxy) is 1. The fraction of sp³-hybridized carbons (Fsp3) is 0.222. The van der Waals surface area contributed by atoms with Crippen LogP contribution in [0.3, 0.4) is 0 Å². The zero-order valence-electron chi connectivity index (χ0n) is 13.7. The Morgan fingerprint density at radius 1 is 1.24 bits per heavy atom. The predicted octanol–water partition coefficient (Wildman–Crippen LogP) is 2.76. The molecule has 1 heterocycles. The number of rotatable bonds is 4. The van der Waals surface area contributed by atoms with Gasteiger partial charge in [-0.25, -0.2) is 9.18 Å². The molecule has 1 aliphatic rings. The van der Waals surface area contributed by atoms with E-state index in [0.717, 1.165) is 0 Å². The third-order valence-corrected chi connectivity index (χ3v) is 3.98. The van der Waals surface area contributed by atoms with Crippen LogP contribution in [0.1, 0.15) is 6.42 Å². The van der Waals surface area contributed by atoms with Gasteiger partial charge in [-0.2, -0.15) is 0 Å². The number of urea groups is 1. The maximum Gasteiger partial charge on any atom is 0.319 e. The standard InChI is InChI=1S/C18H18FN3O3/c1-25-15-4-2-3-13(11-15)20-18(24)21-16-9-10-22(17(16)23)14-7-5-12(19)6-8-14/h2-8,11,16H,9-10H2,1H3,(H2,20,21,24). The van der Waals surface area contributed by atoms with Crippen molar-refractivity contribution in [3.8, 4) is 5.75 Å². The number of nitrogens with one attached hydrogen (secondary N) is 2. The molecule has 1 saturated heterocycles. The summed E-state index contributed by atoms with van der Waals surface area (Å²) in [7, 11) is 1.54. The number of carbonyl (C=O) groups excluding carboxylic acids is 2. The quantitative estimate of drug-likeness (QED) is 0.897. The molecule has 130 valence electrons. The Morgan fingerprint density at radius 3 is 2.72 bits per heavy atom. The lowest BCUT2D eigenvalue weighted by Crippen LogP contribution is -2.43. The van der Waals surface area contributed by atoms with Crippen molar-refractivity contribution < 1.29 is 18.7 Å². The lowest BCUT2D eigenvalue weighted by Gasteiger charge is -2.17. The summed E-state index contributed by atoms with van der Waals surface area (Å²) in [5.74, 6) is 0.0485. The molecular formula is C18H18FN3O3. The van der Waals surface area contributed by atoms with Crippen LogP contribution in [0.4, 0.5) is 20.6 Å². The summed E-state index contributed by atoms with van der Waals surface area (Å²) < 4.78 is 18.1. The Morgan fingerprint density at radius 2 is 2.00 bits per heavy atom. The van der Waals surface area contributed by atoms with Gasteiger partial charge in [0.15, 0.2) is 0 Å². The van der Waals surface area contributed by atoms with Gasteiger partial charge in [0.25, 0.3) is 0 Å². The molecule has 0 aliphatic carbocycles. The minimum atomic E-state index is -0.615. The Kier molecular flexibility index (Phi) is 4.83. The van der Waals surface area contributed by atoms with E-state index >= 15 is 0 Å².